The van der Waals surface area contributed by atoms with E-state index in [0.29, 0.717) is 18.8 Å². The summed E-state index contributed by atoms with van der Waals surface area (Å²) in [6.45, 7) is 5.42. The van der Waals surface area contributed by atoms with Crippen molar-refractivity contribution in [2.75, 3.05) is 13.2 Å². The van der Waals surface area contributed by atoms with Crippen LogP contribution in [0.1, 0.15) is 56.3 Å². The number of hydrogen-bond acceptors (Lipinski definition) is 3. The van der Waals surface area contributed by atoms with Gasteiger partial charge in [-0.3, -0.25) is 0 Å². The first kappa shape index (κ1) is 15.5. The molecule has 0 fully saturated rings. The first-order valence-corrected chi connectivity index (χ1v) is 7.18. The fourth-order valence-electron chi connectivity index (χ4n) is 1.68. The minimum atomic E-state index is -0.251. The van der Waals surface area contributed by atoms with Crippen LogP contribution >= 0.6 is 0 Å². The van der Waals surface area contributed by atoms with Gasteiger partial charge < -0.3 is 9.47 Å². The fourth-order valence-corrected chi connectivity index (χ4v) is 1.68. The van der Waals surface area contributed by atoms with E-state index in [-0.39, 0.29) is 5.97 Å². The van der Waals surface area contributed by atoms with Crippen molar-refractivity contribution in [2.24, 2.45) is 0 Å². The Hall–Kier alpha value is -1.51. The molecule has 0 N–H and O–H groups in total. The van der Waals surface area contributed by atoms with Gasteiger partial charge in [0.15, 0.2) is 0 Å². The topological polar surface area (TPSA) is 35.5 Å². The van der Waals surface area contributed by atoms with Crippen LogP contribution in [0.3, 0.4) is 0 Å². The maximum absolute atomic E-state index is 11.7. The Kier molecular flexibility index (Phi) is 7.71. The van der Waals surface area contributed by atoms with Gasteiger partial charge in [-0.1, -0.05) is 33.1 Å². The zero-order valence-corrected chi connectivity index (χ0v) is 12.0. The summed E-state index contributed by atoms with van der Waals surface area (Å²) in [6.07, 6.45) is 5.42. The Labute approximate surface area is 115 Å². The van der Waals surface area contributed by atoms with Gasteiger partial charge in [0.1, 0.15) is 5.75 Å². The number of carbonyl (C=O) groups is 1. The van der Waals surface area contributed by atoms with E-state index in [1.165, 1.54) is 12.8 Å². The zero-order valence-electron chi connectivity index (χ0n) is 12.0. The monoisotopic (exact) mass is 264 g/mol. The lowest BCUT2D eigenvalue weighted by Crippen LogP contribution is -2.06. The van der Waals surface area contributed by atoms with Crippen LogP contribution in [0.4, 0.5) is 0 Å². The summed E-state index contributed by atoms with van der Waals surface area (Å²) in [4.78, 5) is 11.7. The SMILES string of the molecule is CCCCCCOC(=O)c1ccc(OCCC)cc1. The van der Waals surface area contributed by atoms with Crippen molar-refractivity contribution in [3.8, 4) is 5.75 Å². The highest BCUT2D eigenvalue weighted by molar-refractivity contribution is 5.89. The third-order valence-corrected chi connectivity index (χ3v) is 2.79. The third-order valence-electron chi connectivity index (χ3n) is 2.79. The van der Waals surface area contributed by atoms with Gasteiger partial charge in [0.2, 0.25) is 0 Å². The number of esters is 1. The molecule has 0 amide bonds. The van der Waals surface area contributed by atoms with Crippen LogP contribution in [0.2, 0.25) is 0 Å². The van der Waals surface area contributed by atoms with Gasteiger partial charge >= 0.3 is 5.97 Å². The van der Waals surface area contributed by atoms with E-state index < -0.39 is 0 Å². The Balaban J connectivity index is 2.32. The van der Waals surface area contributed by atoms with Gasteiger partial charge in [-0.15, -0.1) is 0 Å². The molecule has 0 saturated heterocycles. The predicted octanol–water partition coefficient (Wildman–Crippen LogP) is 4.21. The Morgan fingerprint density at radius 1 is 0.947 bits per heavy atom. The normalized spacial score (nSPS) is 10.2. The lowest BCUT2D eigenvalue weighted by Gasteiger charge is -2.06. The van der Waals surface area contributed by atoms with Gasteiger partial charge in [0.05, 0.1) is 18.8 Å². The van der Waals surface area contributed by atoms with Gasteiger partial charge in [-0.2, -0.15) is 0 Å². The van der Waals surface area contributed by atoms with Crippen molar-refractivity contribution in [3.05, 3.63) is 29.8 Å². The highest BCUT2D eigenvalue weighted by atomic mass is 16.5. The fraction of sp³-hybridized carbons (Fsp3) is 0.562. The van der Waals surface area contributed by atoms with Crippen molar-refractivity contribution in [2.45, 2.75) is 46.0 Å². The molecule has 0 spiro atoms. The summed E-state index contributed by atoms with van der Waals surface area (Å²) in [7, 11) is 0. The van der Waals surface area contributed by atoms with E-state index in [9.17, 15) is 4.79 Å². The molecule has 1 aromatic carbocycles. The quantitative estimate of drug-likeness (QED) is 0.495. The highest BCUT2D eigenvalue weighted by Crippen LogP contribution is 2.13. The molecule has 0 aliphatic heterocycles. The second-order valence-electron chi connectivity index (χ2n) is 4.57. The van der Waals surface area contributed by atoms with E-state index in [1.54, 1.807) is 12.1 Å². The highest BCUT2D eigenvalue weighted by Gasteiger charge is 2.06. The predicted molar refractivity (Wildman–Crippen MR) is 76.7 cm³/mol. The van der Waals surface area contributed by atoms with Crippen molar-refractivity contribution >= 4 is 5.97 Å². The number of ether oxygens (including phenoxy) is 2. The van der Waals surface area contributed by atoms with Crippen LogP contribution in [0.5, 0.6) is 5.75 Å². The van der Waals surface area contributed by atoms with Crippen molar-refractivity contribution in [3.63, 3.8) is 0 Å². The van der Waals surface area contributed by atoms with E-state index in [0.717, 1.165) is 25.0 Å². The Morgan fingerprint density at radius 3 is 2.32 bits per heavy atom. The molecule has 0 radical (unpaired) electrons. The average molecular weight is 264 g/mol. The summed E-state index contributed by atoms with van der Waals surface area (Å²) in [5, 5.41) is 0. The van der Waals surface area contributed by atoms with Crippen LogP contribution in [0.15, 0.2) is 24.3 Å². The number of carbonyl (C=O) groups excluding carboxylic acids is 1. The Bertz CT molecular complexity index is 357. The molecule has 1 aromatic rings. The molecule has 1 rings (SSSR count). The first-order valence-electron chi connectivity index (χ1n) is 7.18. The Morgan fingerprint density at radius 2 is 1.68 bits per heavy atom. The number of benzene rings is 1. The van der Waals surface area contributed by atoms with Crippen LogP contribution in [-0.4, -0.2) is 19.2 Å². The number of rotatable bonds is 9. The molecule has 0 atom stereocenters. The van der Waals surface area contributed by atoms with Crippen LogP contribution in [-0.2, 0) is 4.74 Å². The van der Waals surface area contributed by atoms with Gasteiger partial charge in [0.25, 0.3) is 0 Å². The summed E-state index contributed by atoms with van der Waals surface area (Å²) >= 11 is 0. The molecule has 0 aliphatic carbocycles. The molecule has 3 nitrogen and oxygen atoms in total. The summed E-state index contributed by atoms with van der Waals surface area (Å²) < 4.78 is 10.7. The van der Waals surface area contributed by atoms with E-state index >= 15 is 0 Å². The average Bonchev–Trinajstić information content (AvgIpc) is 2.45. The maximum Gasteiger partial charge on any atom is 0.338 e. The zero-order chi connectivity index (χ0) is 13.9. The number of unbranched alkanes of at least 4 members (excludes halogenated alkanes) is 3. The minimum absolute atomic E-state index is 0.251. The molecular formula is C16H24O3. The lowest BCUT2D eigenvalue weighted by molar-refractivity contribution is 0.0498. The van der Waals surface area contributed by atoms with E-state index in [2.05, 4.69) is 13.8 Å². The smallest absolute Gasteiger partial charge is 0.338 e. The maximum atomic E-state index is 11.7. The summed E-state index contributed by atoms with van der Waals surface area (Å²) in [6, 6.07) is 7.12. The molecule has 0 heterocycles. The summed E-state index contributed by atoms with van der Waals surface area (Å²) in [5.41, 5.74) is 0.583. The molecule has 106 valence electrons. The largest absolute Gasteiger partial charge is 0.494 e. The van der Waals surface area contributed by atoms with Gasteiger partial charge in [-0.05, 0) is 37.1 Å². The molecule has 0 aliphatic rings. The third kappa shape index (κ3) is 6.27. The van der Waals surface area contributed by atoms with Crippen molar-refractivity contribution in [1.82, 2.24) is 0 Å². The number of hydrogen-bond donors (Lipinski definition) is 0. The summed E-state index contributed by atoms with van der Waals surface area (Å²) in [5.74, 6) is 0.542. The minimum Gasteiger partial charge on any atom is -0.494 e. The van der Waals surface area contributed by atoms with Gasteiger partial charge in [0, 0.05) is 0 Å². The van der Waals surface area contributed by atoms with Gasteiger partial charge in [-0.25, -0.2) is 4.79 Å². The van der Waals surface area contributed by atoms with Crippen LogP contribution in [0, 0.1) is 0 Å². The standard InChI is InChI=1S/C16H24O3/c1-3-5-6-7-13-19-16(17)14-8-10-15(11-9-14)18-12-4-2/h8-11H,3-7,12-13H2,1-2H3. The molecule has 0 unspecified atom stereocenters. The lowest BCUT2D eigenvalue weighted by atomic mass is 10.2. The van der Waals surface area contributed by atoms with Crippen LogP contribution < -0.4 is 4.74 Å². The second-order valence-corrected chi connectivity index (χ2v) is 4.57. The van der Waals surface area contributed by atoms with Crippen molar-refractivity contribution in [1.29, 1.82) is 0 Å². The molecule has 19 heavy (non-hydrogen) atoms. The molecule has 0 bridgehead atoms. The second kappa shape index (κ2) is 9.42. The molecule has 0 aromatic heterocycles. The van der Waals surface area contributed by atoms with Crippen LogP contribution in [0.25, 0.3) is 0 Å². The molecule has 3 heteroatoms. The van der Waals surface area contributed by atoms with Crippen molar-refractivity contribution < 1.29 is 14.3 Å². The van der Waals surface area contributed by atoms with E-state index in [1.807, 2.05) is 12.1 Å². The van der Waals surface area contributed by atoms with E-state index in [4.69, 9.17) is 9.47 Å². The first-order chi connectivity index (χ1) is 9.27. The molecular weight excluding hydrogens is 240 g/mol. The molecule has 0 saturated carbocycles.